The molecule has 11 heteroatoms. The minimum Gasteiger partial charge on any atom is -0.458 e. The van der Waals surface area contributed by atoms with Crippen LogP contribution < -0.4 is 5.32 Å². The number of aromatic nitrogens is 3. The number of hydrogen-bond donors (Lipinski definition) is 1. The summed E-state index contributed by atoms with van der Waals surface area (Å²) in [5, 5.41) is 6.89. The molecule has 0 spiro atoms. The molecular formula is C20H15F3N4O4. The summed E-state index contributed by atoms with van der Waals surface area (Å²) in [7, 11) is 0. The van der Waals surface area contributed by atoms with Crippen LogP contribution in [0.1, 0.15) is 26.5 Å². The first kappa shape index (κ1) is 20.4. The Morgan fingerprint density at radius 1 is 1.19 bits per heavy atom. The Bertz CT molecular complexity index is 1270. The highest BCUT2D eigenvalue weighted by Gasteiger charge is 2.22. The first-order valence-corrected chi connectivity index (χ1v) is 9.11. The minimum absolute atomic E-state index is 0.0234. The molecule has 0 aliphatic heterocycles. The van der Waals surface area contributed by atoms with Gasteiger partial charge in [-0.2, -0.15) is 5.10 Å². The molecule has 0 unspecified atom stereocenters. The number of carbonyl (C=O) groups is 2. The van der Waals surface area contributed by atoms with Crippen LogP contribution in [0.5, 0.6) is 0 Å². The van der Waals surface area contributed by atoms with Gasteiger partial charge in [0, 0.05) is 17.8 Å². The predicted octanol–water partition coefficient (Wildman–Crippen LogP) is 3.01. The summed E-state index contributed by atoms with van der Waals surface area (Å²) in [6, 6.07) is 5.08. The van der Waals surface area contributed by atoms with Gasteiger partial charge in [0.2, 0.25) is 0 Å². The number of furan rings is 1. The van der Waals surface area contributed by atoms with Gasteiger partial charge in [-0.25, -0.2) is 27.5 Å². The highest BCUT2D eigenvalue weighted by Crippen LogP contribution is 2.26. The standard InChI is InChI=1S/C20H15F3N4O4/c21-7-14(8-22)31-20(29)15-6-12(23)4-11-5-13(30-17(11)15)9-25-19(28)16-10-26-27-3-1-2-24-18(16)27/h1-6,10,14H,7-9H2,(H,25,28). The molecule has 160 valence electrons. The Balaban J connectivity index is 1.55. The molecule has 8 nitrogen and oxygen atoms in total. The van der Waals surface area contributed by atoms with E-state index >= 15 is 0 Å². The Kier molecular flexibility index (Phi) is 5.56. The van der Waals surface area contributed by atoms with Gasteiger partial charge < -0.3 is 14.5 Å². The highest BCUT2D eigenvalue weighted by molar-refractivity contribution is 6.02. The first-order valence-electron chi connectivity index (χ1n) is 9.11. The third kappa shape index (κ3) is 4.06. The number of halogens is 3. The highest BCUT2D eigenvalue weighted by atomic mass is 19.1. The maximum absolute atomic E-state index is 13.9. The quantitative estimate of drug-likeness (QED) is 0.451. The van der Waals surface area contributed by atoms with E-state index in [2.05, 4.69) is 15.4 Å². The number of hydrogen-bond acceptors (Lipinski definition) is 6. The number of esters is 1. The molecule has 0 saturated carbocycles. The summed E-state index contributed by atoms with van der Waals surface area (Å²) in [6.07, 6.45) is 2.95. The van der Waals surface area contributed by atoms with Crippen LogP contribution in [-0.4, -0.2) is 45.9 Å². The van der Waals surface area contributed by atoms with Crippen molar-refractivity contribution >= 4 is 28.5 Å². The fourth-order valence-corrected chi connectivity index (χ4v) is 2.98. The Labute approximate surface area is 172 Å². The van der Waals surface area contributed by atoms with Gasteiger partial charge in [0.1, 0.15) is 41.6 Å². The SMILES string of the molecule is O=C(OC(CF)CF)c1cc(F)cc2cc(CNC(=O)c3cnn4cccnc34)oc12. The minimum atomic E-state index is -1.58. The van der Waals surface area contributed by atoms with Crippen LogP contribution in [0.25, 0.3) is 16.6 Å². The molecule has 3 aromatic heterocycles. The van der Waals surface area contributed by atoms with E-state index in [1.54, 1.807) is 12.3 Å². The van der Waals surface area contributed by atoms with Crippen LogP contribution in [0.2, 0.25) is 0 Å². The number of benzene rings is 1. The van der Waals surface area contributed by atoms with Crippen molar-refractivity contribution in [2.45, 2.75) is 12.6 Å². The molecule has 31 heavy (non-hydrogen) atoms. The molecule has 0 fully saturated rings. The maximum atomic E-state index is 13.9. The lowest BCUT2D eigenvalue weighted by atomic mass is 10.1. The molecule has 0 aliphatic rings. The molecule has 1 N–H and O–H groups in total. The summed E-state index contributed by atoms with van der Waals surface area (Å²) in [6.45, 7) is -2.51. The molecule has 1 aromatic carbocycles. The van der Waals surface area contributed by atoms with Crippen LogP contribution in [0.4, 0.5) is 13.2 Å². The Morgan fingerprint density at radius 3 is 2.77 bits per heavy atom. The van der Waals surface area contributed by atoms with Gasteiger partial charge in [-0.05, 0) is 24.3 Å². The fraction of sp³-hybridized carbons (Fsp3) is 0.200. The van der Waals surface area contributed by atoms with Crippen molar-refractivity contribution in [2.24, 2.45) is 0 Å². The first-order chi connectivity index (χ1) is 15.0. The Morgan fingerprint density at radius 2 is 2.00 bits per heavy atom. The van der Waals surface area contributed by atoms with E-state index in [4.69, 9.17) is 9.15 Å². The molecule has 3 heterocycles. The van der Waals surface area contributed by atoms with Crippen LogP contribution in [0.15, 0.2) is 47.3 Å². The van der Waals surface area contributed by atoms with E-state index in [0.717, 1.165) is 12.1 Å². The number of fused-ring (bicyclic) bond motifs is 2. The van der Waals surface area contributed by atoms with E-state index in [1.165, 1.54) is 23.0 Å². The lowest BCUT2D eigenvalue weighted by Crippen LogP contribution is -2.22. The van der Waals surface area contributed by atoms with Gasteiger partial charge in [0.25, 0.3) is 5.91 Å². The monoisotopic (exact) mass is 432 g/mol. The molecule has 4 aromatic rings. The number of alkyl halides is 2. The lowest BCUT2D eigenvalue weighted by molar-refractivity contribution is 0.0173. The van der Waals surface area contributed by atoms with Gasteiger partial charge in [0.05, 0.1) is 12.7 Å². The Hall–Kier alpha value is -3.89. The van der Waals surface area contributed by atoms with Crippen molar-refractivity contribution in [1.29, 1.82) is 0 Å². The number of rotatable bonds is 7. The summed E-state index contributed by atoms with van der Waals surface area (Å²) >= 11 is 0. The molecule has 0 atom stereocenters. The topological polar surface area (TPSA) is 98.7 Å². The van der Waals surface area contributed by atoms with Crippen LogP contribution in [0.3, 0.4) is 0 Å². The zero-order valence-electron chi connectivity index (χ0n) is 15.8. The second kappa shape index (κ2) is 8.46. The third-order valence-corrected chi connectivity index (χ3v) is 4.42. The van der Waals surface area contributed by atoms with E-state index in [9.17, 15) is 22.8 Å². The van der Waals surface area contributed by atoms with Crippen molar-refractivity contribution in [2.75, 3.05) is 13.3 Å². The second-order valence-electron chi connectivity index (χ2n) is 6.55. The fourth-order valence-electron chi connectivity index (χ4n) is 2.98. The van der Waals surface area contributed by atoms with Crippen molar-refractivity contribution < 1.29 is 31.9 Å². The van der Waals surface area contributed by atoms with E-state index in [1.807, 2.05) is 0 Å². The predicted molar refractivity (Wildman–Crippen MR) is 101 cm³/mol. The number of ether oxygens (including phenoxy) is 1. The molecule has 1 amide bonds. The average molecular weight is 432 g/mol. The maximum Gasteiger partial charge on any atom is 0.342 e. The molecule has 4 rings (SSSR count). The zero-order valence-corrected chi connectivity index (χ0v) is 15.8. The summed E-state index contributed by atoms with van der Waals surface area (Å²) in [5.41, 5.74) is 0.276. The summed E-state index contributed by atoms with van der Waals surface area (Å²) < 4.78 is 51.0. The molecule has 0 saturated heterocycles. The van der Waals surface area contributed by atoms with Crippen LogP contribution >= 0.6 is 0 Å². The average Bonchev–Trinajstić information content (AvgIpc) is 3.39. The molecule has 0 radical (unpaired) electrons. The van der Waals surface area contributed by atoms with Crippen molar-refractivity contribution in [3.8, 4) is 0 Å². The van der Waals surface area contributed by atoms with Gasteiger partial charge in [-0.1, -0.05) is 0 Å². The van der Waals surface area contributed by atoms with Crippen molar-refractivity contribution in [3.63, 3.8) is 0 Å². The number of carbonyl (C=O) groups excluding carboxylic acids is 2. The third-order valence-electron chi connectivity index (χ3n) is 4.42. The smallest absolute Gasteiger partial charge is 0.342 e. The number of amides is 1. The normalized spacial score (nSPS) is 11.4. The van der Waals surface area contributed by atoms with Gasteiger partial charge in [-0.3, -0.25) is 4.79 Å². The summed E-state index contributed by atoms with van der Waals surface area (Å²) in [5.74, 6) is -2.12. The van der Waals surface area contributed by atoms with Gasteiger partial charge in [-0.15, -0.1) is 0 Å². The lowest BCUT2D eigenvalue weighted by Gasteiger charge is -2.11. The van der Waals surface area contributed by atoms with E-state index < -0.39 is 37.1 Å². The zero-order chi connectivity index (χ0) is 22.0. The van der Waals surface area contributed by atoms with Crippen LogP contribution in [-0.2, 0) is 11.3 Å². The second-order valence-corrected chi connectivity index (χ2v) is 6.55. The number of nitrogens with one attached hydrogen (secondary N) is 1. The van der Waals surface area contributed by atoms with E-state index in [-0.39, 0.29) is 34.4 Å². The summed E-state index contributed by atoms with van der Waals surface area (Å²) in [4.78, 5) is 28.8. The largest absolute Gasteiger partial charge is 0.458 e. The molecule has 0 aliphatic carbocycles. The molecule has 0 bridgehead atoms. The van der Waals surface area contributed by atoms with Crippen LogP contribution in [0, 0.1) is 5.82 Å². The van der Waals surface area contributed by atoms with Gasteiger partial charge in [0.15, 0.2) is 11.8 Å². The number of nitrogens with zero attached hydrogens (tertiary/aromatic N) is 3. The van der Waals surface area contributed by atoms with Crippen molar-refractivity contribution in [3.05, 3.63) is 65.6 Å². The van der Waals surface area contributed by atoms with E-state index in [0.29, 0.717) is 5.65 Å². The molecular weight excluding hydrogens is 417 g/mol. The van der Waals surface area contributed by atoms with Crippen molar-refractivity contribution in [1.82, 2.24) is 19.9 Å². The van der Waals surface area contributed by atoms with Gasteiger partial charge >= 0.3 is 5.97 Å².